The lowest BCUT2D eigenvalue weighted by Crippen LogP contribution is -2.43. The first kappa shape index (κ1) is 22.0. The molecular formula is C20H27IN4O. The van der Waals surface area contributed by atoms with E-state index in [2.05, 4.69) is 45.2 Å². The highest BCUT2D eigenvalue weighted by molar-refractivity contribution is 14.0. The first-order chi connectivity index (χ1) is 12.3. The molecule has 6 heteroatoms. The monoisotopic (exact) mass is 466 g/mol. The molecule has 0 heterocycles. The van der Waals surface area contributed by atoms with Crippen molar-refractivity contribution in [3.63, 3.8) is 0 Å². The zero-order valence-electron chi connectivity index (χ0n) is 15.1. The summed E-state index contributed by atoms with van der Waals surface area (Å²) in [7, 11) is 1.70. The van der Waals surface area contributed by atoms with Crippen LogP contribution >= 0.6 is 24.0 Å². The second-order valence-electron chi connectivity index (χ2n) is 5.70. The molecule has 0 unspecified atom stereocenters. The van der Waals surface area contributed by atoms with E-state index in [4.69, 9.17) is 0 Å². The summed E-state index contributed by atoms with van der Waals surface area (Å²) in [5, 5.41) is 9.14. The summed E-state index contributed by atoms with van der Waals surface area (Å²) in [5.41, 5.74) is 2.41. The number of aliphatic imine (C=N–C) groups is 1. The van der Waals surface area contributed by atoms with E-state index < -0.39 is 0 Å². The fourth-order valence-corrected chi connectivity index (χ4v) is 2.39. The Balaban J connectivity index is 0.00000338. The van der Waals surface area contributed by atoms with Crippen molar-refractivity contribution in [2.75, 3.05) is 20.1 Å². The fraction of sp³-hybridized carbons (Fsp3) is 0.300. The molecule has 0 radical (unpaired) electrons. The van der Waals surface area contributed by atoms with Gasteiger partial charge in [-0.3, -0.25) is 9.79 Å². The number of carbonyl (C=O) groups is 1. The van der Waals surface area contributed by atoms with Crippen LogP contribution in [0.1, 0.15) is 17.5 Å². The van der Waals surface area contributed by atoms with E-state index in [-0.39, 0.29) is 36.4 Å². The number of nitrogens with zero attached hydrogens (tertiary/aromatic N) is 1. The van der Waals surface area contributed by atoms with Gasteiger partial charge in [-0.25, -0.2) is 0 Å². The first-order valence-corrected chi connectivity index (χ1v) is 8.57. The minimum absolute atomic E-state index is 0. The molecule has 0 fully saturated rings. The van der Waals surface area contributed by atoms with Gasteiger partial charge in [0.2, 0.25) is 5.91 Å². The quantitative estimate of drug-likeness (QED) is 0.243. The van der Waals surface area contributed by atoms with Gasteiger partial charge in [0.1, 0.15) is 0 Å². The number of nitrogens with one attached hydrogen (secondary N) is 3. The van der Waals surface area contributed by atoms with Gasteiger partial charge in [0.05, 0.1) is 6.54 Å². The molecular weight excluding hydrogens is 439 g/mol. The number of hydrogen-bond donors (Lipinski definition) is 3. The van der Waals surface area contributed by atoms with Gasteiger partial charge in [-0.1, -0.05) is 60.7 Å². The van der Waals surface area contributed by atoms with Gasteiger partial charge in [0.25, 0.3) is 0 Å². The Kier molecular flexibility index (Phi) is 11.1. The zero-order valence-corrected chi connectivity index (χ0v) is 17.4. The highest BCUT2D eigenvalue weighted by atomic mass is 127. The molecule has 0 atom stereocenters. The van der Waals surface area contributed by atoms with Gasteiger partial charge in [-0.2, -0.15) is 0 Å². The fourth-order valence-electron chi connectivity index (χ4n) is 2.39. The summed E-state index contributed by atoms with van der Waals surface area (Å²) in [4.78, 5) is 16.0. The molecule has 0 bridgehead atoms. The molecule has 2 rings (SSSR count). The number of halogens is 1. The number of carbonyl (C=O) groups excluding carboxylic acids is 1. The van der Waals surface area contributed by atoms with Crippen molar-refractivity contribution in [3.05, 3.63) is 71.8 Å². The van der Waals surface area contributed by atoms with Crippen LogP contribution in [0, 0.1) is 0 Å². The van der Waals surface area contributed by atoms with Crippen molar-refractivity contribution in [1.82, 2.24) is 16.0 Å². The SMILES string of the molecule is CN=C(NCCCc1ccccc1)NCC(=O)NCc1ccccc1.I. The third kappa shape index (κ3) is 8.84. The maximum Gasteiger partial charge on any atom is 0.239 e. The van der Waals surface area contributed by atoms with Crippen molar-refractivity contribution in [1.29, 1.82) is 0 Å². The molecule has 2 aromatic rings. The first-order valence-electron chi connectivity index (χ1n) is 8.57. The molecule has 0 aliphatic rings. The Hall–Kier alpha value is -2.09. The van der Waals surface area contributed by atoms with E-state index in [1.807, 2.05) is 36.4 Å². The van der Waals surface area contributed by atoms with Gasteiger partial charge < -0.3 is 16.0 Å². The van der Waals surface area contributed by atoms with Gasteiger partial charge in [0.15, 0.2) is 5.96 Å². The van der Waals surface area contributed by atoms with Gasteiger partial charge in [-0.05, 0) is 24.0 Å². The number of aryl methyl sites for hydroxylation is 1. The average Bonchev–Trinajstić information content (AvgIpc) is 2.67. The van der Waals surface area contributed by atoms with E-state index in [1.165, 1.54) is 5.56 Å². The summed E-state index contributed by atoms with van der Waals surface area (Å²) in [5.74, 6) is 0.582. The number of rotatable bonds is 8. The van der Waals surface area contributed by atoms with Crippen molar-refractivity contribution >= 4 is 35.8 Å². The van der Waals surface area contributed by atoms with Crippen molar-refractivity contribution in [2.45, 2.75) is 19.4 Å². The molecule has 0 saturated heterocycles. The zero-order chi connectivity index (χ0) is 17.7. The summed E-state index contributed by atoms with van der Waals surface area (Å²) < 4.78 is 0. The van der Waals surface area contributed by atoms with Gasteiger partial charge in [0, 0.05) is 20.1 Å². The maximum absolute atomic E-state index is 11.9. The second-order valence-corrected chi connectivity index (χ2v) is 5.70. The maximum atomic E-state index is 11.9. The Morgan fingerprint density at radius 3 is 2.12 bits per heavy atom. The topological polar surface area (TPSA) is 65.5 Å². The van der Waals surface area contributed by atoms with Crippen LogP contribution in [-0.2, 0) is 17.8 Å². The molecule has 0 spiro atoms. The largest absolute Gasteiger partial charge is 0.356 e. The van der Waals surface area contributed by atoms with Gasteiger partial charge in [-0.15, -0.1) is 24.0 Å². The predicted molar refractivity (Wildman–Crippen MR) is 118 cm³/mol. The number of benzene rings is 2. The Morgan fingerprint density at radius 2 is 1.50 bits per heavy atom. The molecule has 0 aliphatic heterocycles. The number of amides is 1. The number of guanidine groups is 1. The van der Waals surface area contributed by atoms with Crippen LogP contribution < -0.4 is 16.0 Å². The summed E-state index contributed by atoms with van der Waals surface area (Å²) in [6.07, 6.45) is 2.02. The smallest absolute Gasteiger partial charge is 0.239 e. The van der Waals surface area contributed by atoms with Crippen LogP contribution in [0.25, 0.3) is 0 Å². The number of hydrogen-bond acceptors (Lipinski definition) is 2. The standard InChI is InChI=1S/C20H26N4O.HI/c1-21-20(22-14-8-13-17-9-4-2-5-10-17)24-16-19(25)23-15-18-11-6-3-7-12-18;/h2-7,9-12H,8,13-16H2,1H3,(H,23,25)(H2,21,22,24);1H. The van der Waals surface area contributed by atoms with E-state index in [1.54, 1.807) is 7.05 Å². The summed E-state index contributed by atoms with van der Waals surface area (Å²) in [6.45, 7) is 1.54. The molecule has 3 N–H and O–H groups in total. The highest BCUT2D eigenvalue weighted by Crippen LogP contribution is 2.01. The molecule has 2 aromatic carbocycles. The van der Waals surface area contributed by atoms with E-state index >= 15 is 0 Å². The minimum Gasteiger partial charge on any atom is -0.356 e. The predicted octanol–water partition coefficient (Wildman–Crippen LogP) is 2.72. The highest BCUT2D eigenvalue weighted by Gasteiger charge is 2.03. The van der Waals surface area contributed by atoms with Crippen LogP contribution in [0.3, 0.4) is 0 Å². The van der Waals surface area contributed by atoms with E-state index in [0.717, 1.165) is 24.9 Å². The average molecular weight is 466 g/mol. The Morgan fingerprint density at radius 1 is 0.885 bits per heavy atom. The Labute approximate surface area is 172 Å². The van der Waals surface area contributed by atoms with Gasteiger partial charge >= 0.3 is 0 Å². The molecule has 5 nitrogen and oxygen atoms in total. The second kappa shape index (κ2) is 13.2. The molecule has 26 heavy (non-hydrogen) atoms. The lowest BCUT2D eigenvalue weighted by Gasteiger charge is -2.12. The summed E-state index contributed by atoms with van der Waals surface area (Å²) >= 11 is 0. The summed E-state index contributed by atoms with van der Waals surface area (Å²) in [6, 6.07) is 20.2. The van der Waals surface area contributed by atoms with Crippen molar-refractivity contribution < 1.29 is 4.79 Å². The third-order valence-electron chi connectivity index (χ3n) is 3.75. The van der Waals surface area contributed by atoms with Crippen LogP contribution in [0.2, 0.25) is 0 Å². The van der Waals surface area contributed by atoms with E-state index in [0.29, 0.717) is 12.5 Å². The Bertz CT molecular complexity index is 662. The third-order valence-corrected chi connectivity index (χ3v) is 3.75. The molecule has 0 saturated carbocycles. The lowest BCUT2D eigenvalue weighted by atomic mass is 10.1. The van der Waals surface area contributed by atoms with E-state index in [9.17, 15) is 4.79 Å². The molecule has 0 aliphatic carbocycles. The lowest BCUT2D eigenvalue weighted by molar-refractivity contribution is -0.120. The minimum atomic E-state index is -0.0592. The van der Waals surface area contributed by atoms with Crippen molar-refractivity contribution in [2.24, 2.45) is 4.99 Å². The van der Waals surface area contributed by atoms with Crippen LogP contribution in [0.4, 0.5) is 0 Å². The molecule has 1 amide bonds. The van der Waals surface area contributed by atoms with Crippen LogP contribution in [0.5, 0.6) is 0 Å². The van der Waals surface area contributed by atoms with Crippen LogP contribution in [-0.4, -0.2) is 32.0 Å². The van der Waals surface area contributed by atoms with Crippen LogP contribution in [0.15, 0.2) is 65.7 Å². The molecule has 0 aromatic heterocycles. The van der Waals surface area contributed by atoms with Crippen molar-refractivity contribution in [3.8, 4) is 0 Å². The molecule has 140 valence electrons. The normalized spacial score (nSPS) is 10.6.